The van der Waals surface area contributed by atoms with Crippen molar-refractivity contribution in [3.63, 3.8) is 0 Å². The second kappa shape index (κ2) is 8.99. The first-order chi connectivity index (χ1) is 15.1. The van der Waals surface area contributed by atoms with Gasteiger partial charge in [0.1, 0.15) is 5.69 Å². The number of carbonyl (C=O) groups is 3. The van der Waals surface area contributed by atoms with E-state index in [1.165, 1.54) is 13.4 Å². The van der Waals surface area contributed by atoms with Crippen LogP contribution in [-0.2, 0) is 19.1 Å². The van der Waals surface area contributed by atoms with Gasteiger partial charge >= 0.3 is 11.9 Å². The topological polar surface area (TPSA) is 98.9 Å². The van der Waals surface area contributed by atoms with Gasteiger partial charge in [0.2, 0.25) is 0 Å². The Morgan fingerprint density at radius 2 is 1.90 bits per heavy atom. The highest BCUT2D eigenvalue weighted by atomic mass is 16.5. The Hall–Kier alpha value is -3.68. The van der Waals surface area contributed by atoms with E-state index in [2.05, 4.69) is 4.98 Å². The number of amides is 1. The van der Waals surface area contributed by atoms with E-state index >= 15 is 0 Å². The maximum absolute atomic E-state index is 12.8. The van der Waals surface area contributed by atoms with Gasteiger partial charge in [0.25, 0.3) is 5.91 Å². The third-order valence-electron chi connectivity index (χ3n) is 5.42. The Kier molecular flexibility index (Phi) is 5.97. The fourth-order valence-corrected chi connectivity index (χ4v) is 3.72. The van der Waals surface area contributed by atoms with Crippen LogP contribution in [0, 0.1) is 5.92 Å². The summed E-state index contributed by atoms with van der Waals surface area (Å²) < 4.78 is 15.5. The van der Waals surface area contributed by atoms with E-state index in [9.17, 15) is 14.4 Å². The fourth-order valence-electron chi connectivity index (χ4n) is 3.72. The third kappa shape index (κ3) is 4.42. The molecule has 0 spiro atoms. The molecule has 0 aliphatic carbocycles. The molecule has 31 heavy (non-hydrogen) atoms. The smallest absolute Gasteiger partial charge is 0.339 e. The number of esters is 2. The van der Waals surface area contributed by atoms with Gasteiger partial charge in [-0.25, -0.2) is 9.78 Å². The summed E-state index contributed by atoms with van der Waals surface area (Å²) in [5.41, 5.74) is 1.45. The first-order valence-corrected chi connectivity index (χ1v) is 10.0. The van der Waals surface area contributed by atoms with Gasteiger partial charge in [-0.1, -0.05) is 18.2 Å². The number of aromatic nitrogens is 1. The van der Waals surface area contributed by atoms with Crippen molar-refractivity contribution in [1.29, 1.82) is 0 Å². The largest absolute Gasteiger partial charge is 0.469 e. The summed E-state index contributed by atoms with van der Waals surface area (Å²) in [7, 11) is 1.36. The minimum Gasteiger partial charge on any atom is -0.469 e. The van der Waals surface area contributed by atoms with Crippen LogP contribution in [0.4, 0.5) is 0 Å². The molecule has 3 heterocycles. The molecule has 8 heteroatoms. The molecular formula is C23H22N2O6. The standard InChI is InChI=1S/C23H22N2O6/c1-29-22(27)15-8-10-25(11-9-15)21(26)14-31-23(28)17-13-19(20-7-4-12-30-20)24-18-6-3-2-5-16(17)18/h2-7,12-13,15H,8-11,14H2,1H3. The van der Waals surface area contributed by atoms with Crippen molar-refractivity contribution in [2.24, 2.45) is 5.92 Å². The number of hydrogen-bond acceptors (Lipinski definition) is 7. The zero-order valence-electron chi connectivity index (χ0n) is 17.1. The molecular weight excluding hydrogens is 400 g/mol. The van der Waals surface area contributed by atoms with Crippen molar-refractivity contribution in [1.82, 2.24) is 9.88 Å². The summed E-state index contributed by atoms with van der Waals surface area (Å²) in [5.74, 6) is -0.815. The number of benzene rings is 1. The normalized spacial score (nSPS) is 14.4. The molecule has 1 aliphatic heterocycles. The SMILES string of the molecule is COC(=O)C1CCN(C(=O)COC(=O)c2cc(-c3ccco3)nc3ccccc23)CC1. The lowest BCUT2D eigenvalue weighted by atomic mass is 9.97. The molecule has 1 saturated heterocycles. The Bertz CT molecular complexity index is 1100. The second-order valence-corrected chi connectivity index (χ2v) is 7.30. The van der Waals surface area contributed by atoms with Crippen LogP contribution < -0.4 is 0 Å². The first-order valence-electron chi connectivity index (χ1n) is 10.0. The molecule has 0 unspecified atom stereocenters. The number of ether oxygens (including phenoxy) is 2. The summed E-state index contributed by atoms with van der Waals surface area (Å²) in [5, 5.41) is 0.633. The molecule has 3 aromatic rings. The van der Waals surface area contributed by atoms with Crippen LogP contribution in [0.25, 0.3) is 22.4 Å². The van der Waals surface area contributed by atoms with Gasteiger partial charge in [0.05, 0.1) is 30.4 Å². The van der Waals surface area contributed by atoms with Crippen molar-refractivity contribution in [3.8, 4) is 11.5 Å². The molecule has 1 fully saturated rings. The van der Waals surface area contributed by atoms with Crippen LogP contribution in [-0.4, -0.2) is 54.5 Å². The number of carbonyl (C=O) groups excluding carboxylic acids is 3. The van der Waals surface area contributed by atoms with Gasteiger partial charge in [0, 0.05) is 18.5 Å². The summed E-state index contributed by atoms with van der Waals surface area (Å²) in [6, 6.07) is 12.3. The molecule has 0 radical (unpaired) electrons. The van der Waals surface area contributed by atoms with Crippen molar-refractivity contribution in [2.75, 3.05) is 26.8 Å². The molecule has 160 valence electrons. The number of furan rings is 1. The lowest BCUT2D eigenvalue weighted by Gasteiger charge is -2.30. The molecule has 8 nitrogen and oxygen atoms in total. The number of fused-ring (bicyclic) bond motifs is 1. The van der Waals surface area contributed by atoms with Gasteiger partial charge in [-0.15, -0.1) is 0 Å². The Balaban J connectivity index is 1.45. The number of rotatable bonds is 5. The monoisotopic (exact) mass is 422 g/mol. The van der Waals surface area contributed by atoms with Crippen LogP contribution in [0.15, 0.2) is 53.1 Å². The van der Waals surface area contributed by atoms with Crippen molar-refractivity contribution < 1.29 is 28.3 Å². The molecule has 0 saturated carbocycles. The molecule has 1 aromatic carbocycles. The minimum atomic E-state index is -0.607. The number of piperidine rings is 1. The molecule has 4 rings (SSSR count). The number of hydrogen-bond donors (Lipinski definition) is 0. The summed E-state index contributed by atoms with van der Waals surface area (Å²) in [4.78, 5) is 43.1. The lowest BCUT2D eigenvalue weighted by Crippen LogP contribution is -2.42. The lowest BCUT2D eigenvalue weighted by molar-refractivity contribution is -0.149. The molecule has 1 aliphatic rings. The maximum atomic E-state index is 12.8. The van der Waals surface area contributed by atoms with E-state index in [-0.39, 0.29) is 24.4 Å². The third-order valence-corrected chi connectivity index (χ3v) is 5.42. The highest BCUT2D eigenvalue weighted by molar-refractivity contribution is 6.05. The van der Waals surface area contributed by atoms with E-state index in [0.717, 1.165) is 0 Å². The van der Waals surface area contributed by atoms with Crippen LogP contribution in [0.1, 0.15) is 23.2 Å². The maximum Gasteiger partial charge on any atom is 0.339 e. The minimum absolute atomic E-state index is 0.195. The van der Waals surface area contributed by atoms with Crippen LogP contribution in [0.3, 0.4) is 0 Å². The zero-order valence-corrected chi connectivity index (χ0v) is 17.1. The highest BCUT2D eigenvalue weighted by Gasteiger charge is 2.28. The number of para-hydroxylation sites is 1. The number of nitrogens with zero attached hydrogens (tertiary/aromatic N) is 2. The number of likely N-dealkylation sites (tertiary alicyclic amines) is 1. The Morgan fingerprint density at radius 3 is 2.61 bits per heavy atom. The number of methoxy groups -OCH3 is 1. The van der Waals surface area contributed by atoms with E-state index < -0.39 is 5.97 Å². The molecule has 0 N–H and O–H groups in total. The van der Waals surface area contributed by atoms with Crippen molar-refractivity contribution >= 4 is 28.7 Å². The number of pyridine rings is 1. The van der Waals surface area contributed by atoms with Gasteiger partial charge < -0.3 is 18.8 Å². The average Bonchev–Trinajstić information content (AvgIpc) is 3.36. The Morgan fingerprint density at radius 1 is 1.13 bits per heavy atom. The summed E-state index contributed by atoms with van der Waals surface area (Å²) in [6.45, 7) is 0.489. The van der Waals surface area contributed by atoms with Crippen LogP contribution >= 0.6 is 0 Å². The first kappa shape index (κ1) is 20.6. The molecule has 0 atom stereocenters. The predicted molar refractivity (Wildman–Crippen MR) is 111 cm³/mol. The quantitative estimate of drug-likeness (QED) is 0.583. The van der Waals surface area contributed by atoms with Crippen LogP contribution in [0.5, 0.6) is 0 Å². The molecule has 1 amide bonds. The highest BCUT2D eigenvalue weighted by Crippen LogP contribution is 2.26. The van der Waals surface area contributed by atoms with E-state index in [4.69, 9.17) is 13.9 Å². The van der Waals surface area contributed by atoms with Crippen molar-refractivity contribution in [3.05, 3.63) is 54.3 Å². The zero-order chi connectivity index (χ0) is 21.8. The summed E-state index contributed by atoms with van der Waals surface area (Å²) >= 11 is 0. The second-order valence-electron chi connectivity index (χ2n) is 7.30. The van der Waals surface area contributed by atoms with E-state index in [1.54, 1.807) is 35.2 Å². The van der Waals surface area contributed by atoms with Gasteiger partial charge in [0.15, 0.2) is 12.4 Å². The molecule has 2 aromatic heterocycles. The molecule has 0 bridgehead atoms. The fraction of sp³-hybridized carbons (Fsp3) is 0.304. The Labute approximate surface area is 178 Å². The summed E-state index contributed by atoms with van der Waals surface area (Å²) in [6.07, 6.45) is 2.61. The van der Waals surface area contributed by atoms with E-state index in [0.29, 0.717) is 53.9 Å². The van der Waals surface area contributed by atoms with Gasteiger partial charge in [-0.2, -0.15) is 0 Å². The van der Waals surface area contributed by atoms with Crippen LogP contribution in [0.2, 0.25) is 0 Å². The van der Waals surface area contributed by atoms with E-state index in [1.807, 2.05) is 12.1 Å². The van der Waals surface area contributed by atoms with Gasteiger partial charge in [-0.05, 0) is 37.1 Å². The van der Waals surface area contributed by atoms with Crippen molar-refractivity contribution in [2.45, 2.75) is 12.8 Å². The van der Waals surface area contributed by atoms with Gasteiger partial charge in [-0.3, -0.25) is 9.59 Å². The average molecular weight is 422 g/mol. The predicted octanol–water partition coefficient (Wildman–Crippen LogP) is 3.06.